The van der Waals surface area contributed by atoms with E-state index >= 15 is 0 Å². The Balaban J connectivity index is 1.79. The molecule has 122 valence electrons. The average Bonchev–Trinajstić information content (AvgIpc) is 3.02. The molecule has 0 bridgehead atoms. The first-order valence-electron chi connectivity index (χ1n) is 7.45. The standard InChI is InChI=1S/C18H11N3O4/c22-16-13(17(23)20-18(24)19-16)9-10-6-7-14-12(8-10)15(25-21-14)11-4-2-1-3-5-11/h1-9H,(H2,19,20,22,23,24). The Morgan fingerprint density at radius 1 is 0.920 bits per heavy atom. The van der Waals surface area contributed by atoms with E-state index < -0.39 is 17.8 Å². The Morgan fingerprint density at radius 3 is 2.36 bits per heavy atom. The first-order valence-corrected chi connectivity index (χ1v) is 7.45. The summed E-state index contributed by atoms with van der Waals surface area (Å²) in [5, 5.41) is 8.86. The number of benzene rings is 2. The van der Waals surface area contributed by atoms with Gasteiger partial charge in [0.05, 0.1) is 5.39 Å². The first kappa shape index (κ1) is 14.8. The highest BCUT2D eigenvalue weighted by Crippen LogP contribution is 2.29. The number of hydrogen-bond donors (Lipinski definition) is 2. The first-order chi connectivity index (χ1) is 12.1. The van der Waals surface area contributed by atoms with Crippen molar-refractivity contribution in [1.29, 1.82) is 0 Å². The van der Waals surface area contributed by atoms with Crippen LogP contribution >= 0.6 is 0 Å². The van der Waals surface area contributed by atoms with Crippen LogP contribution in [-0.2, 0) is 9.59 Å². The van der Waals surface area contributed by atoms with Crippen LogP contribution in [0.5, 0.6) is 0 Å². The van der Waals surface area contributed by atoms with E-state index in [1.54, 1.807) is 18.2 Å². The molecule has 7 nitrogen and oxygen atoms in total. The van der Waals surface area contributed by atoms with Gasteiger partial charge in [0, 0.05) is 5.56 Å². The van der Waals surface area contributed by atoms with Crippen molar-refractivity contribution in [2.75, 3.05) is 0 Å². The molecule has 1 aliphatic heterocycles. The molecular weight excluding hydrogens is 322 g/mol. The van der Waals surface area contributed by atoms with Crippen LogP contribution in [0.2, 0.25) is 0 Å². The zero-order valence-electron chi connectivity index (χ0n) is 12.8. The number of nitrogens with zero attached hydrogens (tertiary/aromatic N) is 1. The average molecular weight is 333 g/mol. The highest BCUT2D eigenvalue weighted by atomic mass is 16.5. The van der Waals surface area contributed by atoms with E-state index in [0.717, 1.165) is 10.9 Å². The maximum absolute atomic E-state index is 11.8. The van der Waals surface area contributed by atoms with Gasteiger partial charge in [0.1, 0.15) is 11.1 Å². The van der Waals surface area contributed by atoms with Crippen molar-refractivity contribution in [2.45, 2.75) is 0 Å². The van der Waals surface area contributed by atoms with Crippen molar-refractivity contribution in [3.05, 3.63) is 59.7 Å². The normalized spacial score (nSPS) is 14.4. The lowest BCUT2D eigenvalue weighted by molar-refractivity contribution is -0.123. The van der Waals surface area contributed by atoms with Crippen LogP contribution in [0.4, 0.5) is 4.79 Å². The summed E-state index contributed by atoms with van der Waals surface area (Å²) >= 11 is 0. The number of carbonyl (C=O) groups excluding carboxylic acids is 3. The molecule has 4 amide bonds. The van der Waals surface area contributed by atoms with E-state index in [1.807, 2.05) is 41.0 Å². The van der Waals surface area contributed by atoms with E-state index in [1.165, 1.54) is 6.08 Å². The molecule has 4 rings (SSSR count). The molecule has 2 aromatic carbocycles. The van der Waals surface area contributed by atoms with Gasteiger partial charge in [-0.1, -0.05) is 41.6 Å². The molecule has 1 fully saturated rings. The van der Waals surface area contributed by atoms with Gasteiger partial charge in [0.15, 0.2) is 5.76 Å². The van der Waals surface area contributed by atoms with Crippen LogP contribution < -0.4 is 10.6 Å². The fourth-order valence-electron chi connectivity index (χ4n) is 2.62. The monoisotopic (exact) mass is 333 g/mol. The van der Waals surface area contributed by atoms with Gasteiger partial charge in [-0.15, -0.1) is 0 Å². The van der Waals surface area contributed by atoms with Crippen molar-refractivity contribution in [2.24, 2.45) is 0 Å². The predicted molar refractivity (Wildman–Crippen MR) is 89.1 cm³/mol. The number of rotatable bonds is 2. The molecule has 2 N–H and O–H groups in total. The summed E-state index contributed by atoms with van der Waals surface area (Å²) in [5.74, 6) is -0.867. The van der Waals surface area contributed by atoms with Gasteiger partial charge in [-0.25, -0.2) is 4.79 Å². The molecule has 1 aromatic heterocycles. The molecule has 0 saturated carbocycles. The van der Waals surface area contributed by atoms with Crippen molar-refractivity contribution in [3.8, 4) is 11.3 Å². The molecule has 0 spiro atoms. The third kappa shape index (κ3) is 2.67. The molecule has 0 aliphatic carbocycles. The van der Waals surface area contributed by atoms with Gasteiger partial charge in [0.25, 0.3) is 11.8 Å². The lowest BCUT2D eigenvalue weighted by Gasteiger charge is -2.13. The number of aromatic nitrogens is 1. The summed E-state index contributed by atoms with van der Waals surface area (Å²) in [5.41, 5.74) is 2.00. The second-order valence-corrected chi connectivity index (χ2v) is 5.45. The fourth-order valence-corrected chi connectivity index (χ4v) is 2.62. The molecule has 3 aromatic rings. The quantitative estimate of drug-likeness (QED) is 0.553. The summed E-state index contributed by atoms with van der Waals surface area (Å²) < 4.78 is 5.43. The minimum absolute atomic E-state index is 0.142. The van der Waals surface area contributed by atoms with E-state index in [-0.39, 0.29) is 5.57 Å². The highest BCUT2D eigenvalue weighted by Gasteiger charge is 2.27. The summed E-state index contributed by atoms with van der Waals surface area (Å²) in [6.45, 7) is 0. The highest BCUT2D eigenvalue weighted by molar-refractivity contribution is 6.31. The number of nitrogens with one attached hydrogen (secondary N) is 2. The minimum Gasteiger partial charge on any atom is -0.355 e. The molecule has 2 heterocycles. The number of carbonyl (C=O) groups is 3. The second kappa shape index (κ2) is 5.72. The number of urea groups is 1. The van der Waals surface area contributed by atoms with Crippen LogP contribution in [0, 0.1) is 0 Å². The summed E-state index contributed by atoms with van der Waals surface area (Å²) in [6.07, 6.45) is 1.41. The molecule has 1 aliphatic rings. The molecular formula is C18H11N3O4. The SMILES string of the molecule is O=C1NC(=O)C(=Cc2ccc3noc(-c4ccccc4)c3c2)C(=O)N1. The predicted octanol–water partition coefficient (Wildman–Crippen LogP) is 2.24. The van der Waals surface area contributed by atoms with E-state index in [2.05, 4.69) is 5.16 Å². The van der Waals surface area contributed by atoms with Crippen molar-refractivity contribution < 1.29 is 18.9 Å². The van der Waals surface area contributed by atoms with E-state index in [0.29, 0.717) is 16.8 Å². The molecule has 1 saturated heterocycles. The van der Waals surface area contributed by atoms with E-state index in [4.69, 9.17) is 4.52 Å². The summed E-state index contributed by atoms with van der Waals surface area (Å²) in [6, 6.07) is 13.9. The van der Waals surface area contributed by atoms with Crippen LogP contribution in [0.1, 0.15) is 5.56 Å². The van der Waals surface area contributed by atoms with Gasteiger partial charge in [0.2, 0.25) is 0 Å². The summed E-state index contributed by atoms with van der Waals surface area (Å²) in [4.78, 5) is 34.8. The number of imide groups is 2. The van der Waals surface area contributed by atoms with Crippen LogP contribution in [-0.4, -0.2) is 23.0 Å². The zero-order chi connectivity index (χ0) is 17.4. The minimum atomic E-state index is -0.826. The third-order valence-corrected chi connectivity index (χ3v) is 3.79. The number of barbiturate groups is 1. The third-order valence-electron chi connectivity index (χ3n) is 3.79. The van der Waals surface area contributed by atoms with Crippen molar-refractivity contribution in [3.63, 3.8) is 0 Å². The molecule has 25 heavy (non-hydrogen) atoms. The largest absolute Gasteiger partial charge is 0.355 e. The number of amides is 4. The Labute approximate surface area is 141 Å². The topological polar surface area (TPSA) is 101 Å². The van der Waals surface area contributed by atoms with Gasteiger partial charge in [-0.3, -0.25) is 20.2 Å². The van der Waals surface area contributed by atoms with Crippen LogP contribution in [0.15, 0.2) is 58.6 Å². The lowest BCUT2D eigenvalue weighted by Crippen LogP contribution is -2.51. The molecule has 7 heteroatoms. The van der Waals surface area contributed by atoms with Gasteiger partial charge < -0.3 is 4.52 Å². The Bertz CT molecular complexity index is 1030. The smallest absolute Gasteiger partial charge is 0.328 e. The van der Waals surface area contributed by atoms with Crippen LogP contribution in [0.25, 0.3) is 28.3 Å². The molecule has 0 atom stereocenters. The van der Waals surface area contributed by atoms with Crippen LogP contribution in [0.3, 0.4) is 0 Å². The summed E-state index contributed by atoms with van der Waals surface area (Å²) in [7, 11) is 0. The molecule has 0 unspecified atom stereocenters. The Kier molecular flexibility index (Phi) is 3.39. The Hall–Kier alpha value is -3.74. The van der Waals surface area contributed by atoms with Gasteiger partial charge in [-0.2, -0.15) is 0 Å². The van der Waals surface area contributed by atoms with Crippen molar-refractivity contribution >= 4 is 34.8 Å². The van der Waals surface area contributed by atoms with Gasteiger partial charge in [-0.05, 0) is 23.8 Å². The Morgan fingerprint density at radius 2 is 1.64 bits per heavy atom. The van der Waals surface area contributed by atoms with Gasteiger partial charge >= 0.3 is 6.03 Å². The second-order valence-electron chi connectivity index (χ2n) is 5.45. The van der Waals surface area contributed by atoms with Crippen molar-refractivity contribution in [1.82, 2.24) is 15.8 Å². The molecule has 0 radical (unpaired) electrons. The lowest BCUT2D eigenvalue weighted by atomic mass is 10.0. The fraction of sp³-hybridized carbons (Fsp3) is 0. The number of hydrogen-bond acceptors (Lipinski definition) is 5. The zero-order valence-corrected chi connectivity index (χ0v) is 12.8. The maximum Gasteiger partial charge on any atom is 0.328 e. The number of fused-ring (bicyclic) bond motifs is 1. The van der Waals surface area contributed by atoms with E-state index in [9.17, 15) is 14.4 Å². The maximum atomic E-state index is 11.8.